The number of likely N-dealkylation sites (tertiary alicyclic amines) is 1. The maximum absolute atomic E-state index is 14.0. The number of nitrogens with zero attached hydrogens (tertiary/aromatic N) is 1. The number of ether oxygens (including phenoxy) is 3. The van der Waals surface area contributed by atoms with Gasteiger partial charge in [0.05, 0.1) is 64.8 Å². The molecule has 4 aliphatic heterocycles. The van der Waals surface area contributed by atoms with E-state index in [2.05, 4.69) is 16.0 Å². The van der Waals surface area contributed by atoms with Gasteiger partial charge < -0.3 is 41.1 Å². The van der Waals surface area contributed by atoms with Gasteiger partial charge in [-0.15, -0.1) is 0 Å². The van der Waals surface area contributed by atoms with E-state index >= 15 is 0 Å². The van der Waals surface area contributed by atoms with Crippen LogP contribution in [0.1, 0.15) is 129 Å². The molecule has 0 saturated carbocycles. The number of rotatable bonds is 12. The second-order valence-corrected chi connectivity index (χ2v) is 20.7. The predicted octanol–water partition coefficient (Wildman–Crippen LogP) is 12.1. The second kappa shape index (κ2) is 27.3. The van der Waals surface area contributed by atoms with Crippen LogP contribution in [0.15, 0.2) is 127 Å². The van der Waals surface area contributed by atoms with Crippen molar-refractivity contribution in [1.29, 1.82) is 0 Å². The third kappa shape index (κ3) is 16.2. The summed E-state index contributed by atoms with van der Waals surface area (Å²) in [6, 6.07) is 29.3. The van der Waals surface area contributed by atoms with Crippen molar-refractivity contribution >= 4 is 17.9 Å². The molecule has 458 valence electrons. The van der Waals surface area contributed by atoms with Gasteiger partial charge in [0.15, 0.2) is 0 Å². The molecule has 4 fully saturated rings. The smallest absolute Gasteiger partial charge is 0.416 e. The summed E-state index contributed by atoms with van der Waals surface area (Å²) in [5.74, 6) is -0.147. The Morgan fingerprint density at radius 1 is 0.566 bits per heavy atom. The number of halogens is 12. The Balaban J connectivity index is 0.000000354. The van der Waals surface area contributed by atoms with Crippen molar-refractivity contribution in [3.05, 3.63) is 177 Å². The summed E-state index contributed by atoms with van der Waals surface area (Å²) < 4.78 is 179. The molecule has 0 aliphatic carbocycles. The van der Waals surface area contributed by atoms with Crippen LogP contribution in [-0.4, -0.2) is 71.1 Å². The van der Waals surface area contributed by atoms with E-state index in [1.165, 1.54) is 13.8 Å². The van der Waals surface area contributed by atoms with Crippen molar-refractivity contribution in [2.24, 2.45) is 0 Å². The third-order valence-corrected chi connectivity index (χ3v) is 15.3. The van der Waals surface area contributed by atoms with E-state index in [0.717, 1.165) is 11.1 Å². The van der Waals surface area contributed by atoms with Gasteiger partial charge in [-0.05, 0) is 117 Å². The minimum atomic E-state index is -5.01. The first kappa shape index (κ1) is 67.7. The Hall–Kier alpha value is -6.07. The average Bonchev–Trinajstić information content (AvgIpc) is 3.51. The van der Waals surface area contributed by atoms with E-state index in [4.69, 9.17) is 14.2 Å². The molecule has 0 radical (unpaired) electrons. The zero-order valence-electron chi connectivity index (χ0n) is 44.6. The molecule has 0 unspecified atom stereocenters. The number of carbonyl (C=O) groups excluding carboxylic acids is 3. The third-order valence-electron chi connectivity index (χ3n) is 15.3. The molecule has 0 aromatic heterocycles. The first-order chi connectivity index (χ1) is 37.6. The van der Waals surface area contributed by atoms with Gasteiger partial charge in [-0.25, -0.2) is 4.79 Å². The summed E-state index contributed by atoms with van der Waals surface area (Å²) in [6.07, 6.45) is -19.3. The second-order valence-electron chi connectivity index (χ2n) is 20.7. The molecule has 0 bridgehead atoms. The van der Waals surface area contributed by atoms with E-state index in [9.17, 15) is 67.1 Å². The molecule has 8 atom stereocenters. The fourth-order valence-electron chi connectivity index (χ4n) is 11.1. The molecular weight excluding hydrogens is 1220 g/mol. The van der Waals surface area contributed by atoms with Gasteiger partial charge in [-0.1, -0.05) is 91.0 Å². The van der Waals surface area contributed by atoms with E-state index in [1.807, 2.05) is 36.4 Å². The van der Waals surface area contributed by atoms with Gasteiger partial charge in [0.2, 0.25) is 11.8 Å². The largest absolute Gasteiger partial charge is 0.445 e. The minimum Gasteiger partial charge on any atom is -0.445 e. The van der Waals surface area contributed by atoms with Crippen LogP contribution in [0, 0.1) is 0 Å². The maximum Gasteiger partial charge on any atom is 0.416 e. The van der Waals surface area contributed by atoms with Gasteiger partial charge >= 0.3 is 30.8 Å². The van der Waals surface area contributed by atoms with E-state index < -0.39 is 82.4 Å². The Labute approximate surface area is 485 Å². The van der Waals surface area contributed by atoms with Gasteiger partial charge in [0.1, 0.15) is 6.61 Å². The fourth-order valence-corrected chi connectivity index (χ4v) is 11.1. The Bertz CT molecular complexity index is 2900. The standard InChI is InChI=1S/C33H32F6N2O4.C25H26F6N2O2.2H2O.Pd.H2/c1-21(23-16-25(32(34,35)36)18-26(17-23)33(37,38)39)45-20-31(24-10-6-3-7-11-24)15-14-27-28(12-13-29(42)40-27)41(31)30(43)44-19-22-8-4-2-5-9-22;1-15(16-11-18(24(26,27)28)13-19(12-16)25(29,30)31)35-14-23(17-5-3-2-4-6-17)10-9-20-21(33-23)7-8-22(34)32-20;;;;/h2-11,16-18,21,27-28H,12-15,19-20H2,1H3,(H,40,42);2-6,11-13,15,20-21,33H,7-10,14H2,1H3,(H,32,34);2*1H2;;1H/t21-,27+,28-,31-;15-,20+,21-,23-;;;;/m11..../s1. The number of carbonyl (C=O) groups is 3. The van der Waals surface area contributed by atoms with Crippen LogP contribution in [0.2, 0.25) is 0 Å². The number of benzene rings is 5. The molecule has 9 rings (SSSR count). The van der Waals surface area contributed by atoms with E-state index in [-0.39, 0.29) is 119 Å². The summed E-state index contributed by atoms with van der Waals surface area (Å²) in [5.41, 5.74) is -5.72. The predicted molar refractivity (Wildman–Crippen MR) is 277 cm³/mol. The van der Waals surface area contributed by atoms with Gasteiger partial charge in [0, 0.05) is 52.8 Å². The summed E-state index contributed by atoms with van der Waals surface area (Å²) in [5, 5.41) is 9.52. The van der Waals surface area contributed by atoms with Gasteiger partial charge in [0.25, 0.3) is 0 Å². The van der Waals surface area contributed by atoms with Crippen LogP contribution in [0.4, 0.5) is 57.5 Å². The van der Waals surface area contributed by atoms with Crippen molar-refractivity contribution in [1.82, 2.24) is 20.9 Å². The number of hydrogen-bond acceptors (Lipinski definition) is 7. The molecule has 4 heterocycles. The Kier molecular flexibility index (Phi) is 22.3. The van der Waals surface area contributed by atoms with Crippen LogP contribution in [0.5, 0.6) is 0 Å². The molecule has 0 spiro atoms. The van der Waals surface area contributed by atoms with Gasteiger partial charge in [-0.2, -0.15) is 52.7 Å². The summed E-state index contributed by atoms with van der Waals surface area (Å²) in [7, 11) is 0. The maximum atomic E-state index is 14.0. The van der Waals surface area contributed by atoms with Crippen LogP contribution in [-0.2, 0) is 86.6 Å². The molecular formula is C58H64F12N4O8Pd. The van der Waals surface area contributed by atoms with Gasteiger partial charge in [-0.3, -0.25) is 14.5 Å². The van der Waals surface area contributed by atoms with E-state index in [1.54, 1.807) is 59.5 Å². The van der Waals surface area contributed by atoms with Crippen molar-refractivity contribution in [3.8, 4) is 0 Å². The number of fused-ring (bicyclic) bond motifs is 2. The molecule has 5 aromatic rings. The summed E-state index contributed by atoms with van der Waals surface area (Å²) >= 11 is 0. The number of piperidine rings is 4. The Morgan fingerprint density at radius 2 is 0.988 bits per heavy atom. The van der Waals surface area contributed by atoms with Crippen LogP contribution in [0.25, 0.3) is 0 Å². The topological polar surface area (TPSA) is 181 Å². The fraction of sp³-hybridized carbons (Fsp3) is 0.431. The van der Waals surface area contributed by atoms with Crippen molar-refractivity contribution in [2.75, 3.05) is 13.2 Å². The number of nitrogens with one attached hydrogen (secondary N) is 3. The number of amides is 3. The van der Waals surface area contributed by atoms with Crippen molar-refractivity contribution in [3.63, 3.8) is 0 Å². The SMILES string of the molecule is C[C@@H](OC[C@@]1(c2ccccc2)CC[C@@H]2NC(=O)CC[C@H]2N1)c1cc(C(F)(F)F)cc(C(F)(F)F)c1.C[C@@H](OC[C@@]1(c2ccccc2)CC[C@@H]2NC(=O)CC[C@H]2N1C(=O)OCc1ccccc1)c1cc(C(F)(F)F)cc(C(F)(F)F)c1.O.O.[HH].[Pd]. The zero-order valence-corrected chi connectivity index (χ0v) is 46.2. The first-order valence-corrected chi connectivity index (χ1v) is 25.9. The average molecular weight is 1280 g/mol. The molecule has 4 saturated heterocycles. The molecule has 5 aromatic carbocycles. The molecule has 83 heavy (non-hydrogen) atoms. The molecule has 3 amide bonds. The minimum absolute atomic E-state index is 0. The number of hydrogen-bond donors (Lipinski definition) is 3. The van der Waals surface area contributed by atoms with E-state index in [0.29, 0.717) is 68.4 Å². The molecule has 7 N–H and O–H groups in total. The molecule has 25 heteroatoms. The Morgan fingerprint density at radius 3 is 1.47 bits per heavy atom. The first-order valence-electron chi connectivity index (χ1n) is 25.9. The molecule has 4 aliphatic rings. The summed E-state index contributed by atoms with van der Waals surface area (Å²) in [6.45, 7) is 2.56. The van der Waals surface area contributed by atoms with Crippen molar-refractivity contribution < 1.29 is 114 Å². The van der Waals surface area contributed by atoms with Crippen LogP contribution >= 0.6 is 0 Å². The quantitative estimate of drug-likeness (QED) is 0.0821. The monoisotopic (exact) mass is 1280 g/mol. The zero-order chi connectivity index (χ0) is 57.8. The molecule has 12 nitrogen and oxygen atoms in total. The normalized spacial score (nSPS) is 23.3. The summed E-state index contributed by atoms with van der Waals surface area (Å²) in [4.78, 5) is 39.6. The van der Waals surface area contributed by atoms with Crippen molar-refractivity contribution in [2.45, 2.75) is 144 Å². The van der Waals surface area contributed by atoms with Crippen LogP contribution < -0.4 is 16.0 Å². The number of alkyl halides is 12. The van der Waals surface area contributed by atoms with Crippen LogP contribution in [0.3, 0.4) is 0 Å².